The van der Waals surface area contributed by atoms with Crippen molar-refractivity contribution in [3.8, 4) is 0 Å². The van der Waals surface area contributed by atoms with Crippen LogP contribution in [0.2, 0.25) is 0 Å². The van der Waals surface area contributed by atoms with Gasteiger partial charge in [0.05, 0.1) is 4.90 Å². The molecule has 0 bridgehead atoms. The molecule has 2 aromatic carbocycles. The molecule has 0 spiro atoms. The molecule has 5 rings (SSSR count). The Labute approximate surface area is 220 Å². The lowest BCUT2D eigenvalue weighted by atomic mass is 10.1. The van der Waals surface area contributed by atoms with Crippen molar-refractivity contribution in [2.24, 2.45) is 0 Å². The van der Waals surface area contributed by atoms with E-state index in [2.05, 4.69) is 21.8 Å². The summed E-state index contributed by atoms with van der Waals surface area (Å²) in [6.45, 7) is 6.57. The lowest BCUT2D eigenvalue weighted by molar-refractivity contribution is -0.139. The average Bonchev–Trinajstić information content (AvgIpc) is 3.49. The number of carbonyl (C=O) groups is 2. The first kappa shape index (κ1) is 25.0. The van der Waals surface area contributed by atoms with Crippen LogP contribution in [0.15, 0.2) is 65.0 Å². The molecule has 1 aliphatic rings. The Hall–Kier alpha value is -3.70. The van der Waals surface area contributed by atoms with Crippen LogP contribution in [0, 0.1) is 13.8 Å². The summed E-state index contributed by atoms with van der Waals surface area (Å²) in [7, 11) is -3.78. The molecule has 37 heavy (non-hydrogen) atoms. The maximum atomic E-state index is 13.4. The molecular formula is C26H29N5O4S2. The van der Waals surface area contributed by atoms with E-state index >= 15 is 0 Å². The van der Waals surface area contributed by atoms with E-state index < -0.39 is 16.1 Å². The van der Waals surface area contributed by atoms with Crippen LogP contribution in [0.4, 0.5) is 10.8 Å². The number of aromatic nitrogens is 2. The highest BCUT2D eigenvalue weighted by Gasteiger charge is 2.32. The SMILES string of the molecule is Cc1ccc2c(c1)cc(C)n2C(C)C(=O)N1CCN(c2ccc(S(=O)(=O)Nc3nccs3)cc2)C(=O)C1.[HH]. The van der Waals surface area contributed by atoms with Gasteiger partial charge in [-0.2, -0.15) is 0 Å². The summed E-state index contributed by atoms with van der Waals surface area (Å²) in [5, 5.41) is 3.05. The van der Waals surface area contributed by atoms with Gasteiger partial charge in [0, 0.05) is 48.4 Å². The Morgan fingerprint density at radius 2 is 1.86 bits per heavy atom. The third-order valence-corrected chi connectivity index (χ3v) is 8.75. The minimum absolute atomic E-state index is 0. The number of nitrogens with one attached hydrogen (secondary N) is 1. The van der Waals surface area contributed by atoms with Crippen molar-refractivity contribution in [3.63, 3.8) is 0 Å². The van der Waals surface area contributed by atoms with Crippen molar-refractivity contribution in [1.82, 2.24) is 14.5 Å². The molecule has 194 valence electrons. The minimum atomic E-state index is -3.78. The first-order valence-corrected chi connectivity index (χ1v) is 14.2. The summed E-state index contributed by atoms with van der Waals surface area (Å²) in [6.07, 6.45) is 1.52. The van der Waals surface area contributed by atoms with Gasteiger partial charge < -0.3 is 14.4 Å². The van der Waals surface area contributed by atoms with Gasteiger partial charge in [0.15, 0.2) is 5.13 Å². The van der Waals surface area contributed by atoms with Crippen molar-refractivity contribution >= 4 is 54.9 Å². The van der Waals surface area contributed by atoms with Gasteiger partial charge in [0.1, 0.15) is 12.6 Å². The smallest absolute Gasteiger partial charge is 0.263 e. The van der Waals surface area contributed by atoms with Crippen LogP contribution < -0.4 is 9.62 Å². The second-order valence-electron chi connectivity index (χ2n) is 9.14. The van der Waals surface area contributed by atoms with Crippen molar-refractivity contribution in [2.75, 3.05) is 29.3 Å². The molecule has 0 saturated carbocycles. The summed E-state index contributed by atoms with van der Waals surface area (Å²) in [5.41, 5.74) is 3.73. The quantitative estimate of drug-likeness (QED) is 0.396. The Balaban J connectivity index is 0.00000336. The first-order chi connectivity index (χ1) is 17.6. The number of thiazole rings is 1. The van der Waals surface area contributed by atoms with E-state index in [0.29, 0.717) is 18.8 Å². The maximum Gasteiger partial charge on any atom is 0.263 e. The second kappa shape index (κ2) is 9.64. The monoisotopic (exact) mass is 539 g/mol. The summed E-state index contributed by atoms with van der Waals surface area (Å²) in [6, 6.07) is 13.9. The molecule has 2 aromatic heterocycles. The molecule has 4 aromatic rings. The highest BCUT2D eigenvalue weighted by molar-refractivity contribution is 7.93. The largest absolute Gasteiger partial charge is 0.333 e. The molecule has 9 nitrogen and oxygen atoms in total. The highest BCUT2D eigenvalue weighted by Crippen LogP contribution is 2.27. The number of hydrogen-bond donors (Lipinski definition) is 1. The summed E-state index contributed by atoms with van der Waals surface area (Å²) in [5.74, 6) is -0.322. The van der Waals surface area contributed by atoms with Crippen LogP contribution in [0.5, 0.6) is 0 Å². The molecule has 0 aliphatic carbocycles. The summed E-state index contributed by atoms with van der Waals surface area (Å²) < 4.78 is 29.6. The zero-order valence-electron chi connectivity index (χ0n) is 20.7. The van der Waals surface area contributed by atoms with Crippen LogP contribution in [-0.2, 0) is 19.6 Å². The number of piperazine rings is 1. The number of fused-ring (bicyclic) bond motifs is 1. The molecule has 3 heterocycles. The Morgan fingerprint density at radius 1 is 1.11 bits per heavy atom. The van der Waals surface area contributed by atoms with Crippen LogP contribution in [0.3, 0.4) is 0 Å². The fraction of sp³-hybridized carbons (Fsp3) is 0.269. The normalized spacial score (nSPS) is 15.3. The van der Waals surface area contributed by atoms with Crippen molar-refractivity contribution < 1.29 is 19.4 Å². The van der Waals surface area contributed by atoms with Crippen LogP contribution >= 0.6 is 11.3 Å². The van der Waals surface area contributed by atoms with Crippen molar-refractivity contribution in [3.05, 3.63) is 71.4 Å². The van der Waals surface area contributed by atoms with Gasteiger partial charge in [0.25, 0.3) is 10.0 Å². The number of amides is 2. The molecule has 1 atom stereocenters. The minimum Gasteiger partial charge on any atom is -0.333 e. The molecular weight excluding hydrogens is 510 g/mol. The summed E-state index contributed by atoms with van der Waals surface area (Å²) >= 11 is 1.19. The molecule has 2 amide bonds. The first-order valence-electron chi connectivity index (χ1n) is 11.8. The molecule has 1 unspecified atom stereocenters. The standard InChI is InChI=1S/C26H27N5O4S2.H2/c1-17-4-9-23-20(14-17)15-18(2)31(23)19(3)25(33)29-11-12-30(24(32)16-29)21-5-7-22(8-6-21)37(34,35)28-26-27-10-13-36-26;/h4-10,13-15,19H,11-12,16H2,1-3H3,(H,27,28);1H. The van der Waals surface area contributed by atoms with Gasteiger partial charge in [-0.1, -0.05) is 11.6 Å². The molecule has 1 fully saturated rings. The second-order valence-corrected chi connectivity index (χ2v) is 11.7. The van der Waals surface area contributed by atoms with Crippen LogP contribution in [0.25, 0.3) is 10.9 Å². The summed E-state index contributed by atoms with van der Waals surface area (Å²) in [4.78, 5) is 33.6. The predicted octanol–water partition coefficient (Wildman–Crippen LogP) is 4.20. The van der Waals surface area contributed by atoms with E-state index in [1.807, 2.05) is 37.5 Å². The molecule has 11 heteroatoms. The van der Waals surface area contributed by atoms with E-state index in [1.165, 1.54) is 29.7 Å². The number of sulfonamides is 1. The third-order valence-electron chi connectivity index (χ3n) is 6.58. The molecule has 1 saturated heterocycles. The number of benzene rings is 2. The number of hydrogen-bond acceptors (Lipinski definition) is 6. The fourth-order valence-corrected chi connectivity index (χ4v) is 6.56. The van der Waals surface area contributed by atoms with E-state index in [9.17, 15) is 18.0 Å². The van der Waals surface area contributed by atoms with Gasteiger partial charge in [0.2, 0.25) is 11.8 Å². The number of aryl methyl sites for hydroxylation is 2. The number of nitrogens with zero attached hydrogens (tertiary/aromatic N) is 4. The van der Waals surface area contributed by atoms with Gasteiger partial charge in [-0.15, -0.1) is 11.3 Å². The van der Waals surface area contributed by atoms with Crippen molar-refractivity contribution in [2.45, 2.75) is 31.7 Å². The maximum absolute atomic E-state index is 13.4. The van der Waals surface area contributed by atoms with Gasteiger partial charge >= 0.3 is 0 Å². The van der Waals surface area contributed by atoms with E-state index in [-0.39, 0.29) is 29.8 Å². The van der Waals surface area contributed by atoms with Crippen LogP contribution in [0.1, 0.15) is 25.6 Å². The zero-order valence-corrected chi connectivity index (χ0v) is 22.3. The lowest BCUT2D eigenvalue weighted by Crippen LogP contribution is -2.53. The number of rotatable bonds is 6. The van der Waals surface area contributed by atoms with Gasteiger partial charge in [-0.05, 0) is 63.2 Å². The predicted molar refractivity (Wildman–Crippen MR) is 147 cm³/mol. The average molecular weight is 540 g/mol. The van der Waals surface area contributed by atoms with E-state index in [4.69, 9.17) is 0 Å². The molecule has 0 radical (unpaired) electrons. The topological polar surface area (TPSA) is 105 Å². The lowest BCUT2D eigenvalue weighted by Gasteiger charge is -2.36. The van der Waals surface area contributed by atoms with E-state index in [1.54, 1.807) is 27.3 Å². The third kappa shape index (κ3) is 4.84. The molecule has 1 aliphatic heterocycles. The number of anilines is 2. The Morgan fingerprint density at radius 3 is 2.54 bits per heavy atom. The van der Waals surface area contributed by atoms with Crippen LogP contribution in [-0.4, -0.2) is 54.3 Å². The Bertz CT molecular complexity index is 1580. The zero-order chi connectivity index (χ0) is 26.3. The van der Waals surface area contributed by atoms with E-state index in [0.717, 1.165) is 22.2 Å². The fourth-order valence-electron chi connectivity index (χ4n) is 4.77. The van der Waals surface area contributed by atoms with Gasteiger partial charge in [-0.25, -0.2) is 13.4 Å². The van der Waals surface area contributed by atoms with Gasteiger partial charge in [-0.3, -0.25) is 14.3 Å². The highest BCUT2D eigenvalue weighted by atomic mass is 32.2. The van der Waals surface area contributed by atoms with Crippen molar-refractivity contribution in [1.29, 1.82) is 0 Å². The Kier molecular flexibility index (Phi) is 6.50. The molecule has 1 N–H and O–H groups in total. The number of carbonyl (C=O) groups excluding carboxylic acids is 2.